The van der Waals surface area contributed by atoms with Gasteiger partial charge >= 0.3 is 11.9 Å². The van der Waals surface area contributed by atoms with Gasteiger partial charge in [-0.1, -0.05) is 25.5 Å². The van der Waals surface area contributed by atoms with Crippen LogP contribution in [0.2, 0.25) is 0 Å². The second-order valence-corrected chi connectivity index (χ2v) is 8.44. The standard InChI is InChI=1S/C22H36O7S/c1-3-8-21(27)29-19-15-18(24)17(11-10-16(23)12-13-28-4-2)22(19)30-14-7-5-6-9-20(25)26/h10-11,16-18,23-24H,3-9,12-15H2,1-2H3,(H,25,26)/b11-10+/t16-,17+,18-/m1/s1. The normalized spacial score (nSPS) is 20.1. The molecule has 0 aromatic carbocycles. The van der Waals surface area contributed by atoms with Gasteiger partial charge in [-0.3, -0.25) is 9.59 Å². The lowest BCUT2D eigenvalue weighted by atomic mass is 10.0. The molecular weight excluding hydrogens is 408 g/mol. The Labute approximate surface area is 183 Å². The molecular formula is C22H36O7S. The molecule has 0 radical (unpaired) electrons. The third kappa shape index (κ3) is 10.6. The topological polar surface area (TPSA) is 113 Å². The van der Waals surface area contributed by atoms with Crippen molar-refractivity contribution in [3.63, 3.8) is 0 Å². The van der Waals surface area contributed by atoms with E-state index < -0.39 is 18.2 Å². The van der Waals surface area contributed by atoms with E-state index in [-0.39, 0.29) is 24.7 Å². The summed E-state index contributed by atoms with van der Waals surface area (Å²) < 4.78 is 10.8. The molecule has 1 aliphatic carbocycles. The molecule has 0 heterocycles. The average Bonchev–Trinajstić information content (AvgIpc) is 2.97. The van der Waals surface area contributed by atoms with E-state index in [0.717, 1.165) is 23.5 Å². The Morgan fingerprint density at radius 1 is 1.23 bits per heavy atom. The number of esters is 1. The molecule has 8 heteroatoms. The van der Waals surface area contributed by atoms with Crippen LogP contribution in [0.4, 0.5) is 0 Å². The van der Waals surface area contributed by atoms with Crippen LogP contribution < -0.4 is 0 Å². The van der Waals surface area contributed by atoms with Gasteiger partial charge in [0.2, 0.25) is 0 Å². The van der Waals surface area contributed by atoms with Crippen LogP contribution in [0.15, 0.2) is 22.8 Å². The molecule has 30 heavy (non-hydrogen) atoms. The molecule has 0 bridgehead atoms. The van der Waals surface area contributed by atoms with Gasteiger partial charge in [0.05, 0.1) is 12.2 Å². The molecule has 0 spiro atoms. The fraction of sp³-hybridized carbons (Fsp3) is 0.727. The molecule has 0 fully saturated rings. The quantitative estimate of drug-likeness (QED) is 0.188. The minimum atomic E-state index is -0.789. The predicted molar refractivity (Wildman–Crippen MR) is 117 cm³/mol. The summed E-state index contributed by atoms with van der Waals surface area (Å²) in [7, 11) is 0. The number of carbonyl (C=O) groups excluding carboxylic acids is 1. The maximum atomic E-state index is 12.0. The molecule has 3 atom stereocenters. The highest BCUT2D eigenvalue weighted by Gasteiger charge is 2.34. The SMILES string of the molecule is CCCC(=O)OC1=C(SCCCCCC(=O)O)[C@@H](/C=C/[C@@H](O)CCOCC)[C@H](O)C1. The summed E-state index contributed by atoms with van der Waals surface area (Å²) in [5.74, 6) is -0.174. The third-order valence-electron chi connectivity index (χ3n) is 4.67. The summed E-state index contributed by atoms with van der Waals surface area (Å²) in [6.45, 7) is 4.86. The van der Waals surface area contributed by atoms with Gasteiger partial charge in [-0.05, 0) is 31.9 Å². The largest absolute Gasteiger partial charge is 0.481 e. The average molecular weight is 445 g/mol. The zero-order chi connectivity index (χ0) is 22.4. The highest BCUT2D eigenvalue weighted by molar-refractivity contribution is 8.03. The van der Waals surface area contributed by atoms with Crippen LogP contribution >= 0.6 is 11.8 Å². The van der Waals surface area contributed by atoms with Crippen molar-refractivity contribution in [2.45, 2.75) is 77.4 Å². The van der Waals surface area contributed by atoms with Gasteiger partial charge in [0, 0.05) is 49.7 Å². The van der Waals surface area contributed by atoms with E-state index in [1.807, 2.05) is 13.8 Å². The number of carbonyl (C=O) groups is 2. The van der Waals surface area contributed by atoms with Crippen molar-refractivity contribution in [2.75, 3.05) is 19.0 Å². The molecule has 1 rings (SSSR count). The number of thioether (sulfide) groups is 1. The summed E-state index contributed by atoms with van der Waals surface area (Å²) in [6, 6.07) is 0. The molecule has 3 N–H and O–H groups in total. The maximum absolute atomic E-state index is 12.0. The Kier molecular flexibility index (Phi) is 13.7. The Morgan fingerprint density at radius 2 is 2.00 bits per heavy atom. The molecule has 0 amide bonds. The van der Waals surface area contributed by atoms with E-state index >= 15 is 0 Å². The number of aliphatic carboxylic acids is 1. The first-order valence-electron chi connectivity index (χ1n) is 10.8. The summed E-state index contributed by atoms with van der Waals surface area (Å²) in [6.07, 6.45) is 6.25. The van der Waals surface area contributed by atoms with Crippen LogP contribution in [0.5, 0.6) is 0 Å². The summed E-state index contributed by atoms with van der Waals surface area (Å²) in [5.41, 5.74) is 0. The van der Waals surface area contributed by atoms with E-state index in [9.17, 15) is 19.8 Å². The molecule has 0 aliphatic heterocycles. The fourth-order valence-electron chi connectivity index (χ4n) is 3.08. The zero-order valence-electron chi connectivity index (χ0n) is 18.0. The number of hydrogen-bond acceptors (Lipinski definition) is 7. The first-order valence-corrected chi connectivity index (χ1v) is 11.8. The molecule has 0 saturated carbocycles. The number of ether oxygens (including phenoxy) is 2. The number of aliphatic hydroxyl groups excluding tert-OH is 2. The van der Waals surface area contributed by atoms with Crippen molar-refractivity contribution < 1.29 is 34.4 Å². The second kappa shape index (κ2) is 15.5. The summed E-state index contributed by atoms with van der Waals surface area (Å²) in [5, 5.41) is 29.4. The smallest absolute Gasteiger partial charge is 0.310 e. The zero-order valence-corrected chi connectivity index (χ0v) is 18.9. The molecule has 0 unspecified atom stereocenters. The highest BCUT2D eigenvalue weighted by atomic mass is 32.2. The lowest BCUT2D eigenvalue weighted by molar-refractivity contribution is -0.140. The van der Waals surface area contributed by atoms with Gasteiger partial charge < -0.3 is 24.8 Å². The summed E-state index contributed by atoms with van der Waals surface area (Å²) in [4.78, 5) is 23.4. The van der Waals surface area contributed by atoms with Crippen LogP contribution in [-0.2, 0) is 19.1 Å². The Morgan fingerprint density at radius 3 is 2.67 bits per heavy atom. The Balaban J connectivity index is 2.74. The van der Waals surface area contributed by atoms with E-state index in [1.165, 1.54) is 11.8 Å². The van der Waals surface area contributed by atoms with Crippen LogP contribution in [0.25, 0.3) is 0 Å². The predicted octanol–water partition coefficient (Wildman–Crippen LogP) is 3.64. The second-order valence-electron chi connectivity index (χ2n) is 7.30. The number of aliphatic hydroxyl groups is 2. The van der Waals surface area contributed by atoms with E-state index in [2.05, 4.69) is 0 Å². The van der Waals surface area contributed by atoms with Gasteiger partial charge in [0.1, 0.15) is 5.76 Å². The number of rotatable bonds is 16. The van der Waals surface area contributed by atoms with Gasteiger partial charge in [-0.15, -0.1) is 11.8 Å². The van der Waals surface area contributed by atoms with Gasteiger partial charge in [0.15, 0.2) is 0 Å². The minimum Gasteiger partial charge on any atom is -0.481 e. The fourth-order valence-corrected chi connectivity index (χ4v) is 4.37. The first kappa shape index (κ1) is 26.7. The lowest BCUT2D eigenvalue weighted by Gasteiger charge is -2.15. The lowest BCUT2D eigenvalue weighted by Crippen LogP contribution is -2.15. The van der Waals surface area contributed by atoms with E-state index in [0.29, 0.717) is 44.7 Å². The monoisotopic (exact) mass is 444 g/mol. The van der Waals surface area contributed by atoms with Crippen LogP contribution in [0.1, 0.15) is 65.2 Å². The molecule has 1 aliphatic rings. The van der Waals surface area contributed by atoms with Crippen molar-refractivity contribution in [1.82, 2.24) is 0 Å². The van der Waals surface area contributed by atoms with Crippen molar-refractivity contribution in [3.05, 3.63) is 22.8 Å². The van der Waals surface area contributed by atoms with Crippen LogP contribution in [0.3, 0.4) is 0 Å². The molecule has 7 nitrogen and oxygen atoms in total. The first-order chi connectivity index (χ1) is 14.4. The van der Waals surface area contributed by atoms with Gasteiger partial charge in [-0.25, -0.2) is 0 Å². The number of hydrogen-bond donors (Lipinski definition) is 3. The van der Waals surface area contributed by atoms with Gasteiger partial charge in [-0.2, -0.15) is 0 Å². The number of unbranched alkanes of at least 4 members (excludes halogenated alkanes) is 2. The Bertz CT molecular complexity index is 588. The van der Waals surface area contributed by atoms with E-state index in [1.54, 1.807) is 12.2 Å². The van der Waals surface area contributed by atoms with Crippen molar-refractivity contribution in [3.8, 4) is 0 Å². The van der Waals surface area contributed by atoms with Crippen molar-refractivity contribution >= 4 is 23.7 Å². The molecule has 0 aromatic rings. The molecule has 0 saturated heterocycles. The third-order valence-corrected chi connectivity index (χ3v) is 5.98. The highest BCUT2D eigenvalue weighted by Crippen LogP contribution is 2.41. The number of carboxylic acid groups (broad SMARTS) is 1. The molecule has 0 aromatic heterocycles. The summed E-state index contributed by atoms with van der Waals surface area (Å²) >= 11 is 1.53. The minimum absolute atomic E-state index is 0.164. The van der Waals surface area contributed by atoms with Crippen molar-refractivity contribution in [1.29, 1.82) is 0 Å². The van der Waals surface area contributed by atoms with Gasteiger partial charge in [0.25, 0.3) is 0 Å². The maximum Gasteiger partial charge on any atom is 0.310 e. The Hall–Kier alpha value is -1.35. The molecule has 172 valence electrons. The van der Waals surface area contributed by atoms with Crippen molar-refractivity contribution in [2.24, 2.45) is 5.92 Å². The van der Waals surface area contributed by atoms with Crippen LogP contribution in [-0.4, -0.2) is 58.4 Å². The van der Waals surface area contributed by atoms with E-state index in [4.69, 9.17) is 14.6 Å². The number of carboxylic acids is 1. The van der Waals surface area contributed by atoms with Crippen LogP contribution in [0, 0.1) is 5.92 Å².